The molecule has 4 heterocycles. The minimum Gasteiger partial charge on any atom is -0.465 e. The van der Waals surface area contributed by atoms with Crippen LogP contribution in [-0.2, 0) is 14.3 Å². The number of nitrogens with zero attached hydrogens (tertiary/aromatic N) is 3. The Morgan fingerprint density at radius 2 is 2.10 bits per heavy atom. The maximum absolute atomic E-state index is 13.3. The quantitative estimate of drug-likeness (QED) is 0.196. The number of nitrogen functional groups attached to an aromatic ring is 1. The van der Waals surface area contributed by atoms with Crippen LogP contribution in [0.1, 0.15) is 6.92 Å². The van der Waals surface area contributed by atoms with Crippen molar-refractivity contribution in [3.05, 3.63) is 22.5 Å². The van der Waals surface area contributed by atoms with E-state index in [1.165, 1.54) is 0 Å². The highest BCUT2D eigenvalue weighted by Crippen LogP contribution is 2.55. The molecule has 0 spiro atoms. The zero-order chi connectivity index (χ0) is 22.7. The lowest BCUT2D eigenvalue weighted by molar-refractivity contribution is -0.137. The van der Waals surface area contributed by atoms with Gasteiger partial charge < -0.3 is 42.0 Å². The number of aliphatic hydroxyl groups is 1. The van der Waals surface area contributed by atoms with Gasteiger partial charge in [-0.05, 0) is 6.92 Å². The number of anilines is 2. The van der Waals surface area contributed by atoms with Crippen LogP contribution in [0, 0.1) is 5.92 Å². The highest BCUT2D eigenvalue weighted by atomic mass is 16.5. The zero-order valence-corrected chi connectivity index (χ0v) is 16.7. The predicted octanol–water partition coefficient (Wildman–Crippen LogP) is -2.28. The van der Waals surface area contributed by atoms with Crippen molar-refractivity contribution in [3.8, 4) is 0 Å². The van der Waals surface area contributed by atoms with E-state index in [4.69, 9.17) is 20.4 Å². The maximum Gasteiger partial charge on any atom is 0.402 e. The molecule has 0 aromatic carbocycles. The van der Waals surface area contributed by atoms with Crippen LogP contribution in [-0.4, -0.2) is 86.0 Å². The predicted molar refractivity (Wildman–Crippen MR) is 104 cm³/mol. The van der Waals surface area contributed by atoms with E-state index in [9.17, 15) is 14.7 Å². The van der Waals surface area contributed by atoms with Gasteiger partial charge >= 0.3 is 6.09 Å². The van der Waals surface area contributed by atoms with Crippen LogP contribution in [0.4, 0.5) is 16.7 Å². The van der Waals surface area contributed by atoms with Gasteiger partial charge in [-0.15, -0.1) is 5.10 Å². The molecule has 14 nitrogen and oxygen atoms in total. The second-order valence-corrected chi connectivity index (χ2v) is 7.48. The summed E-state index contributed by atoms with van der Waals surface area (Å²) < 4.78 is 5.83. The molecule has 1 amide bonds. The average Bonchev–Trinajstić information content (AvgIpc) is 3.11. The number of piperazine rings is 1. The van der Waals surface area contributed by atoms with Gasteiger partial charge in [0.05, 0.1) is 30.0 Å². The van der Waals surface area contributed by atoms with Crippen LogP contribution in [0.3, 0.4) is 0 Å². The second-order valence-electron chi connectivity index (χ2n) is 7.48. The number of rotatable bonds is 4. The fourth-order valence-corrected chi connectivity index (χ4v) is 4.74. The minimum absolute atomic E-state index is 0.0321. The van der Waals surface area contributed by atoms with Crippen molar-refractivity contribution in [1.29, 1.82) is 0 Å². The number of aliphatic hydroxyl groups excluding tert-OH is 1. The molecule has 1 aromatic heterocycles. The summed E-state index contributed by atoms with van der Waals surface area (Å²) >= 11 is 0. The van der Waals surface area contributed by atoms with Gasteiger partial charge in [0.15, 0.2) is 5.72 Å². The van der Waals surface area contributed by atoms with Crippen molar-refractivity contribution >= 4 is 29.6 Å². The van der Waals surface area contributed by atoms with E-state index in [0.29, 0.717) is 12.2 Å². The number of hydrogen-bond acceptors (Lipinski definition) is 11. The number of primary amides is 1. The molecule has 0 saturated carbocycles. The van der Waals surface area contributed by atoms with Crippen LogP contribution >= 0.6 is 0 Å². The lowest BCUT2D eigenvalue weighted by atomic mass is 9.82. The molecule has 31 heavy (non-hydrogen) atoms. The van der Waals surface area contributed by atoms with Crippen LogP contribution in [0.25, 0.3) is 0 Å². The van der Waals surface area contributed by atoms with E-state index >= 15 is 0 Å². The molecule has 2 saturated heterocycles. The molecular formula is C17H22N8O6. The second kappa shape index (κ2) is 7.04. The summed E-state index contributed by atoms with van der Waals surface area (Å²) in [7, 11) is 1.54. The summed E-state index contributed by atoms with van der Waals surface area (Å²) in [6, 6.07) is 0.159. The summed E-state index contributed by atoms with van der Waals surface area (Å²) in [5.41, 5.74) is 9.56. The van der Waals surface area contributed by atoms with E-state index in [1.54, 1.807) is 14.0 Å². The Kier molecular flexibility index (Phi) is 4.72. The standard InChI is InChI=1S/C16H19N7O4.CH3NO2/c1-5-9(19-15-20-14(17)21-22-15)12(26)8-6(4-24)16(27-2)13-7(18-13)3-23(16)10(8)11(5)25;2-1(3)4/h6-7,13,18,24H,3-4H2,1-2H3,(H4,17,19,20,21,22);2H2,(H,3,4). The van der Waals surface area contributed by atoms with E-state index in [0.717, 1.165) is 0 Å². The van der Waals surface area contributed by atoms with Crippen molar-refractivity contribution < 1.29 is 29.3 Å². The van der Waals surface area contributed by atoms with Crippen molar-refractivity contribution in [2.24, 2.45) is 11.7 Å². The van der Waals surface area contributed by atoms with Crippen molar-refractivity contribution in [3.63, 3.8) is 0 Å². The Balaban J connectivity index is 0.000000535. The molecule has 0 radical (unpaired) electrons. The number of carbonyl (C=O) groups is 3. The number of nitrogens with one attached hydrogen (secondary N) is 3. The molecule has 4 unspecified atom stereocenters. The summed E-state index contributed by atoms with van der Waals surface area (Å²) in [4.78, 5) is 41.0. The molecular weight excluding hydrogens is 412 g/mol. The Hall–Kier alpha value is -3.49. The number of fused-ring (bicyclic) bond motifs is 4. The van der Waals surface area contributed by atoms with Crippen molar-refractivity contribution in [2.75, 3.05) is 31.3 Å². The monoisotopic (exact) mass is 434 g/mol. The number of carbonyl (C=O) groups excluding carboxylic acids is 2. The zero-order valence-electron chi connectivity index (χ0n) is 16.7. The molecule has 166 valence electrons. The summed E-state index contributed by atoms with van der Waals surface area (Å²) in [5.74, 6) is -1.09. The topological polar surface area (TPSA) is 232 Å². The first-order valence-corrected chi connectivity index (χ1v) is 9.34. The highest BCUT2D eigenvalue weighted by molar-refractivity contribution is 6.26. The largest absolute Gasteiger partial charge is 0.465 e. The first-order chi connectivity index (χ1) is 14.7. The molecule has 5 rings (SSSR count). The SMILES string of the molecule is COC12C(CO)C3=C(C(=O)C(C)=C(Nc4n[nH]c(N)n4)C3=O)N1CC1NC12.NC(=O)O. The third-order valence-corrected chi connectivity index (χ3v) is 5.96. The van der Waals surface area contributed by atoms with Gasteiger partial charge in [0.1, 0.15) is 0 Å². The fourth-order valence-electron chi connectivity index (χ4n) is 4.74. The molecule has 3 aliphatic heterocycles. The molecule has 4 aliphatic rings. The number of methoxy groups -OCH3 is 1. The summed E-state index contributed by atoms with van der Waals surface area (Å²) in [6.07, 6.45) is -1.33. The third kappa shape index (κ3) is 2.87. The lowest BCUT2D eigenvalue weighted by Crippen LogP contribution is -2.54. The molecule has 4 atom stereocenters. The van der Waals surface area contributed by atoms with Gasteiger partial charge in [0.2, 0.25) is 23.5 Å². The number of ketones is 2. The summed E-state index contributed by atoms with van der Waals surface area (Å²) in [6.45, 7) is 1.82. The number of hydrogen-bond donors (Lipinski definition) is 7. The molecule has 1 aromatic rings. The number of H-pyrrole nitrogens is 1. The molecule has 2 fully saturated rings. The van der Waals surface area contributed by atoms with Crippen molar-refractivity contribution in [2.45, 2.75) is 24.7 Å². The van der Waals surface area contributed by atoms with E-state index in [-0.39, 0.29) is 59.0 Å². The average molecular weight is 434 g/mol. The van der Waals surface area contributed by atoms with Gasteiger partial charge in [-0.1, -0.05) is 0 Å². The number of carboxylic acid groups (broad SMARTS) is 1. The van der Waals surface area contributed by atoms with Crippen LogP contribution in [0.5, 0.6) is 0 Å². The lowest BCUT2D eigenvalue weighted by Gasteiger charge is -2.39. The van der Waals surface area contributed by atoms with Crippen LogP contribution in [0.2, 0.25) is 0 Å². The Labute approximate surface area is 175 Å². The molecule has 14 heteroatoms. The number of aromatic nitrogens is 3. The number of ether oxygens (including phenoxy) is 1. The molecule has 9 N–H and O–H groups in total. The number of nitrogens with two attached hydrogens (primary N) is 2. The van der Waals surface area contributed by atoms with Gasteiger partial charge in [-0.25, -0.2) is 9.89 Å². The van der Waals surface area contributed by atoms with Gasteiger partial charge in [-0.2, -0.15) is 4.98 Å². The number of Topliss-reactive ketones (excluding diaryl/α,β-unsaturated/α-hetero) is 2. The van der Waals surface area contributed by atoms with Gasteiger partial charge in [0.25, 0.3) is 0 Å². The van der Waals surface area contributed by atoms with Gasteiger partial charge in [0, 0.05) is 30.8 Å². The number of amides is 1. The third-order valence-electron chi connectivity index (χ3n) is 5.96. The first-order valence-electron chi connectivity index (χ1n) is 9.34. The number of allylic oxidation sites excluding steroid dienone is 2. The molecule has 0 bridgehead atoms. The Morgan fingerprint density at radius 3 is 2.65 bits per heavy atom. The first kappa shape index (κ1) is 20.8. The Bertz CT molecular complexity index is 1040. The highest BCUT2D eigenvalue weighted by Gasteiger charge is 2.72. The Morgan fingerprint density at radius 1 is 1.42 bits per heavy atom. The smallest absolute Gasteiger partial charge is 0.402 e. The van der Waals surface area contributed by atoms with Gasteiger partial charge in [-0.3, -0.25) is 9.59 Å². The van der Waals surface area contributed by atoms with Crippen LogP contribution in [0.15, 0.2) is 22.5 Å². The summed E-state index contributed by atoms with van der Waals surface area (Å²) in [5, 5.41) is 29.7. The fraction of sp³-hybridized carbons (Fsp3) is 0.471. The van der Waals surface area contributed by atoms with E-state index < -0.39 is 17.7 Å². The maximum atomic E-state index is 13.3. The minimum atomic E-state index is -1.33. The molecule has 1 aliphatic carbocycles. The van der Waals surface area contributed by atoms with Crippen molar-refractivity contribution in [1.82, 2.24) is 25.4 Å². The van der Waals surface area contributed by atoms with E-state index in [1.807, 2.05) is 4.90 Å². The van der Waals surface area contributed by atoms with E-state index in [2.05, 4.69) is 31.5 Å². The van der Waals surface area contributed by atoms with Crippen LogP contribution < -0.4 is 22.1 Å². The normalized spacial score (nSPS) is 30.5. The number of aromatic amines is 1.